The normalized spacial score (nSPS) is 13.0. The molecule has 0 spiro atoms. The van der Waals surface area contributed by atoms with Gasteiger partial charge in [0.15, 0.2) is 0 Å². The Morgan fingerprint density at radius 3 is 2.27 bits per heavy atom. The molecular formula is C16H22N2O4. The lowest BCUT2D eigenvalue weighted by Crippen LogP contribution is -2.46. The van der Waals surface area contributed by atoms with Crippen molar-refractivity contribution in [2.24, 2.45) is 5.92 Å². The van der Waals surface area contributed by atoms with Gasteiger partial charge in [-0.1, -0.05) is 29.8 Å². The summed E-state index contributed by atoms with van der Waals surface area (Å²) in [6.07, 6.45) is 0.338. The number of carbonyl (C=O) groups excluding carboxylic acids is 2. The Kier molecular flexibility index (Phi) is 6.56. The summed E-state index contributed by atoms with van der Waals surface area (Å²) >= 11 is 0. The minimum Gasteiger partial charge on any atom is -0.481 e. The number of aliphatic carboxylic acids is 1. The molecule has 2 atom stereocenters. The molecule has 22 heavy (non-hydrogen) atoms. The Hall–Kier alpha value is -2.37. The van der Waals surface area contributed by atoms with E-state index in [0.717, 1.165) is 11.1 Å². The average molecular weight is 306 g/mol. The van der Waals surface area contributed by atoms with Crippen LogP contribution in [-0.2, 0) is 20.8 Å². The number of aryl methyl sites for hydroxylation is 1. The van der Waals surface area contributed by atoms with E-state index in [1.54, 1.807) is 6.92 Å². The van der Waals surface area contributed by atoms with Crippen molar-refractivity contribution >= 4 is 17.8 Å². The van der Waals surface area contributed by atoms with Gasteiger partial charge in [-0.25, -0.2) is 0 Å². The van der Waals surface area contributed by atoms with Crippen molar-refractivity contribution in [3.05, 3.63) is 35.4 Å². The summed E-state index contributed by atoms with van der Waals surface area (Å²) < 4.78 is 0. The van der Waals surface area contributed by atoms with Crippen LogP contribution in [0.2, 0.25) is 0 Å². The fourth-order valence-electron chi connectivity index (χ4n) is 2.00. The Labute approximate surface area is 129 Å². The molecule has 0 saturated heterocycles. The third kappa shape index (κ3) is 5.95. The molecule has 0 aliphatic carbocycles. The number of carboxylic acid groups (broad SMARTS) is 1. The van der Waals surface area contributed by atoms with E-state index < -0.39 is 23.8 Å². The molecule has 0 aromatic heterocycles. The Balaban J connectivity index is 2.58. The first-order valence-corrected chi connectivity index (χ1v) is 7.12. The maximum absolute atomic E-state index is 11.8. The second-order valence-corrected chi connectivity index (χ2v) is 5.39. The molecular weight excluding hydrogens is 284 g/mol. The molecule has 120 valence electrons. The molecule has 0 aliphatic rings. The van der Waals surface area contributed by atoms with Crippen LogP contribution >= 0.6 is 0 Å². The molecule has 0 heterocycles. The van der Waals surface area contributed by atoms with E-state index in [9.17, 15) is 19.5 Å². The van der Waals surface area contributed by atoms with Crippen LogP contribution in [0, 0.1) is 12.8 Å². The highest BCUT2D eigenvalue weighted by Gasteiger charge is 2.21. The first-order chi connectivity index (χ1) is 10.3. The molecule has 0 bridgehead atoms. The van der Waals surface area contributed by atoms with Crippen molar-refractivity contribution in [2.75, 3.05) is 6.54 Å². The topological polar surface area (TPSA) is 95.5 Å². The molecule has 0 aliphatic heterocycles. The minimum atomic E-state index is -0.965. The van der Waals surface area contributed by atoms with Gasteiger partial charge in [-0.15, -0.1) is 0 Å². The molecule has 1 rings (SSSR count). The lowest BCUT2D eigenvalue weighted by Gasteiger charge is -2.16. The van der Waals surface area contributed by atoms with E-state index in [4.69, 9.17) is 0 Å². The Morgan fingerprint density at radius 1 is 1.18 bits per heavy atom. The number of benzene rings is 1. The highest BCUT2D eigenvalue weighted by molar-refractivity contribution is 5.86. The minimum absolute atomic E-state index is 0.0198. The average Bonchev–Trinajstić information content (AvgIpc) is 2.44. The zero-order valence-electron chi connectivity index (χ0n) is 13.1. The molecule has 0 saturated carbocycles. The van der Waals surface area contributed by atoms with Crippen LogP contribution in [0.25, 0.3) is 0 Å². The summed E-state index contributed by atoms with van der Waals surface area (Å²) in [5.41, 5.74) is 2.01. The fraction of sp³-hybridized carbons (Fsp3) is 0.438. The Morgan fingerprint density at radius 2 is 1.77 bits per heavy atom. The van der Waals surface area contributed by atoms with Gasteiger partial charge in [0, 0.05) is 13.5 Å². The lowest BCUT2D eigenvalue weighted by atomic mass is 9.98. The van der Waals surface area contributed by atoms with Gasteiger partial charge in [-0.3, -0.25) is 14.4 Å². The predicted molar refractivity (Wildman–Crippen MR) is 82.3 cm³/mol. The van der Waals surface area contributed by atoms with E-state index in [1.165, 1.54) is 6.92 Å². The third-order valence-corrected chi connectivity index (χ3v) is 3.29. The van der Waals surface area contributed by atoms with Gasteiger partial charge in [-0.05, 0) is 25.8 Å². The zero-order chi connectivity index (χ0) is 16.7. The molecule has 6 nitrogen and oxygen atoms in total. The largest absolute Gasteiger partial charge is 0.481 e. The van der Waals surface area contributed by atoms with Crippen LogP contribution in [-0.4, -0.2) is 35.5 Å². The van der Waals surface area contributed by atoms with Crippen molar-refractivity contribution in [2.45, 2.75) is 33.2 Å². The monoisotopic (exact) mass is 306 g/mol. The number of nitrogens with one attached hydrogen (secondary N) is 2. The van der Waals surface area contributed by atoms with Crippen LogP contribution in [0.3, 0.4) is 0 Å². The van der Waals surface area contributed by atoms with Crippen molar-refractivity contribution in [1.82, 2.24) is 10.6 Å². The summed E-state index contributed by atoms with van der Waals surface area (Å²) in [5.74, 6) is -2.38. The highest BCUT2D eigenvalue weighted by atomic mass is 16.4. The van der Waals surface area contributed by atoms with Gasteiger partial charge in [0.05, 0.1) is 5.92 Å². The van der Waals surface area contributed by atoms with Crippen LogP contribution in [0.4, 0.5) is 0 Å². The number of hydrogen-bond acceptors (Lipinski definition) is 3. The number of carboxylic acids is 1. The summed E-state index contributed by atoms with van der Waals surface area (Å²) in [5, 5.41) is 14.3. The van der Waals surface area contributed by atoms with E-state index in [1.807, 2.05) is 31.2 Å². The van der Waals surface area contributed by atoms with Gasteiger partial charge >= 0.3 is 5.97 Å². The van der Waals surface area contributed by atoms with E-state index in [2.05, 4.69) is 10.6 Å². The molecule has 0 unspecified atom stereocenters. The summed E-state index contributed by atoms with van der Waals surface area (Å²) in [6.45, 7) is 4.85. The summed E-state index contributed by atoms with van der Waals surface area (Å²) in [4.78, 5) is 34.0. The number of carbonyl (C=O) groups is 3. The van der Waals surface area contributed by atoms with Gasteiger partial charge in [0.25, 0.3) is 0 Å². The van der Waals surface area contributed by atoms with Crippen molar-refractivity contribution in [1.29, 1.82) is 0 Å². The SMILES string of the molecule is CC(=O)N[C@@H](C)C(=O)NC[C@@H](Cc1ccc(C)cc1)C(=O)O. The highest BCUT2D eigenvalue weighted by Crippen LogP contribution is 2.10. The first-order valence-electron chi connectivity index (χ1n) is 7.12. The summed E-state index contributed by atoms with van der Waals surface area (Å²) in [7, 11) is 0. The second-order valence-electron chi connectivity index (χ2n) is 5.39. The van der Waals surface area contributed by atoms with Gasteiger partial charge in [0.1, 0.15) is 6.04 Å². The zero-order valence-corrected chi connectivity index (χ0v) is 13.1. The molecule has 3 N–H and O–H groups in total. The molecule has 0 fully saturated rings. The smallest absolute Gasteiger partial charge is 0.308 e. The van der Waals surface area contributed by atoms with Crippen molar-refractivity contribution in [3.8, 4) is 0 Å². The van der Waals surface area contributed by atoms with Crippen LogP contribution in [0.5, 0.6) is 0 Å². The van der Waals surface area contributed by atoms with Crippen LogP contribution < -0.4 is 10.6 Å². The van der Waals surface area contributed by atoms with Crippen LogP contribution in [0.15, 0.2) is 24.3 Å². The van der Waals surface area contributed by atoms with E-state index in [0.29, 0.717) is 6.42 Å². The van der Waals surface area contributed by atoms with Crippen molar-refractivity contribution in [3.63, 3.8) is 0 Å². The molecule has 2 amide bonds. The maximum atomic E-state index is 11.8. The van der Waals surface area contributed by atoms with E-state index >= 15 is 0 Å². The van der Waals surface area contributed by atoms with Gasteiger partial charge in [0.2, 0.25) is 11.8 Å². The molecule has 1 aromatic carbocycles. The van der Waals surface area contributed by atoms with Crippen molar-refractivity contribution < 1.29 is 19.5 Å². The number of amides is 2. The third-order valence-electron chi connectivity index (χ3n) is 3.29. The Bertz CT molecular complexity index is 540. The molecule has 1 aromatic rings. The second kappa shape index (κ2) is 8.17. The quantitative estimate of drug-likeness (QED) is 0.697. The number of hydrogen-bond donors (Lipinski definition) is 3. The van der Waals surface area contributed by atoms with Gasteiger partial charge < -0.3 is 15.7 Å². The molecule has 6 heteroatoms. The van der Waals surface area contributed by atoms with Crippen LogP contribution in [0.1, 0.15) is 25.0 Å². The number of rotatable bonds is 7. The summed E-state index contributed by atoms with van der Waals surface area (Å²) in [6, 6.07) is 6.92. The molecule has 0 radical (unpaired) electrons. The van der Waals surface area contributed by atoms with E-state index in [-0.39, 0.29) is 12.5 Å². The maximum Gasteiger partial charge on any atom is 0.308 e. The fourth-order valence-corrected chi connectivity index (χ4v) is 2.00. The lowest BCUT2D eigenvalue weighted by molar-refractivity contribution is -0.141. The predicted octanol–water partition coefficient (Wildman–Crippen LogP) is 0.879. The first kappa shape index (κ1) is 17.7. The standard InChI is InChI=1S/C16H22N2O4/c1-10-4-6-13(7-5-10)8-14(16(21)22)9-17-15(20)11(2)18-12(3)19/h4-7,11,14H,8-9H2,1-3H3,(H,17,20)(H,18,19)(H,21,22)/t11-,14+/m0/s1. The van der Waals surface area contributed by atoms with Gasteiger partial charge in [-0.2, -0.15) is 0 Å².